The normalized spacial score (nSPS) is 10.1. The van der Waals surface area contributed by atoms with Gasteiger partial charge in [0, 0.05) is 30.6 Å². The van der Waals surface area contributed by atoms with Gasteiger partial charge in [-0.15, -0.1) is 0 Å². The number of hydrogen-bond acceptors (Lipinski definition) is 4. The molecule has 0 fully saturated rings. The molecule has 0 N–H and O–H groups in total. The number of nitrogens with zero attached hydrogens (tertiary/aromatic N) is 2. The van der Waals surface area contributed by atoms with E-state index < -0.39 is 16.4 Å². The zero-order chi connectivity index (χ0) is 13.1. The van der Waals surface area contributed by atoms with Gasteiger partial charge in [-0.3, -0.25) is 15.1 Å². The summed E-state index contributed by atoms with van der Waals surface area (Å²) < 4.78 is 19.3. The highest BCUT2D eigenvalue weighted by Crippen LogP contribution is 2.30. The molecule has 0 atom stereocenters. The van der Waals surface area contributed by atoms with Gasteiger partial charge in [0.05, 0.1) is 9.40 Å². The van der Waals surface area contributed by atoms with Crippen LogP contribution in [-0.2, 0) is 0 Å². The first kappa shape index (κ1) is 12.4. The minimum Gasteiger partial charge on any atom is -0.456 e. The Morgan fingerprint density at radius 1 is 1.39 bits per heavy atom. The van der Waals surface area contributed by atoms with Crippen molar-refractivity contribution in [2.24, 2.45) is 0 Å². The van der Waals surface area contributed by atoms with Gasteiger partial charge in [0.25, 0.3) is 0 Å². The number of benzene rings is 1. The maximum atomic E-state index is 13.4. The number of hydrogen-bond donors (Lipinski definition) is 0. The number of nitro groups is 1. The lowest BCUT2D eigenvalue weighted by molar-refractivity contribution is -0.387. The molecule has 0 saturated carbocycles. The molecule has 5 nitrogen and oxygen atoms in total. The molecule has 92 valence electrons. The van der Waals surface area contributed by atoms with Crippen molar-refractivity contribution in [2.45, 2.75) is 0 Å². The number of pyridine rings is 1. The van der Waals surface area contributed by atoms with Crippen LogP contribution in [0, 0.1) is 15.9 Å². The Morgan fingerprint density at radius 2 is 2.17 bits per heavy atom. The Bertz CT molecular complexity index is 607. The predicted molar refractivity (Wildman–Crippen MR) is 65.1 cm³/mol. The summed E-state index contributed by atoms with van der Waals surface area (Å²) in [4.78, 5) is 13.5. The fraction of sp³-hybridized carbons (Fsp3) is 0. The van der Waals surface area contributed by atoms with Gasteiger partial charge >= 0.3 is 5.69 Å². The summed E-state index contributed by atoms with van der Waals surface area (Å²) in [6, 6.07) is 4.93. The number of aromatic nitrogens is 1. The van der Waals surface area contributed by atoms with Crippen molar-refractivity contribution in [3.05, 3.63) is 57.1 Å². The third-order valence-corrected chi connectivity index (χ3v) is 2.67. The Morgan fingerprint density at radius 3 is 2.78 bits per heavy atom. The van der Waals surface area contributed by atoms with Crippen LogP contribution in [0.1, 0.15) is 0 Å². The first-order valence-corrected chi connectivity index (χ1v) is 5.58. The summed E-state index contributed by atoms with van der Waals surface area (Å²) in [6.07, 6.45) is 3.04. The van der Waals surface area contributed by atoms with E-state index in [9.17, 15) is 14.5 Å². The molecule has 1 heterocycles. The van der Waals surface area contributed by atoms with Crippen LogP contribution in [0.4, 0.5) is 10.1 Å². The second kappa shape index (κ2) is 5.09. The van der Waals surface area contributed by atoms with Crippen LogP contribution < -0.4 is 4.74 Å². The van der Waals surface area contributed by atoms with Crippen LogP contribution in [0.25, 0.3) is 0 Å². The van der Waals surface area contributed by atoms with Gasteiger partial charge in [0.2, 0.25) is 5.82 Å². The van der Waals surface area contributed by atoms with E-state index in [2.05, 4.69) is 20.9 Å². The molecule has 0 radical (unpaired) electrons. The molecule has 0 aliphatic heterocycles. The van der Waals surface area contributed by atoms with Gasteiger partial charge in [-0.05, 0) is 22.0 Å². The highest BCUT2D eigenvalue weighted by molar-refractivity contribution is 9.10. The Balaban J connectivity index is 2.29. The van der Waals surface area contributed by atoms with Crippen LogP contribution >= 0.6 is 15.9 Å². The van der Waals surface area contributed by atoms with Crippen molar-refractivity contribution < 1.29 is 14.1 Å². The van der Waals surface area contributed by atoms with E-state index in [0.717, 1.165) is 12.1 Å². The number of halogens is 2. The standard InChI is InChI=1S/C11H6BrFN2O3/c12-8-6-14-4-3-11(8)18-7-1-2-10(15(16)17)9(13)5-7/h1-6H. The molecule has 0 unspecified atom stereocenters. The fourth-order valence-corrected chi connectivity index (χ4v) is 1.60. The lowest BCUT2D eigenvalue weighted by atomic mass is 10.3. The SMILES string of the molecule is O=[N+]([O-])c1ccc(Oc2ccncc2Br)cc1F. The predicted octanol–water partition coefficient (Wildman–Crippen LogP) is 3.68. The van der Waals surface area contributed by atoms with E-state index >= 15 is 0 Å². The molecular formula is C11H6BrFN2O3. The molecule has 0 bridgehead atoms. The van der Waals surface area contributed by atoms with Gasteiger partial charge in [0.1, 0.15) is 11.5 Å². The van der Waals surface area contributed by atoms with Crippen LogP contribution in [0.15, 0.2) is 41.1 Å². The second-order valence-electron chi connectivity index (χ2n) is 3.28. The maximum Gasteiger partial charge on any atom is 0.305 e. The highest BCUT2D eigenvalue weighted by atomic mass is 79.9. The van der Waals surface area contributed by atoms with Gasteiger partial charge in [0.15, 0.2) is 0 Å². The third-order valence-electron chi connectivity index (χ3n) is 2.08. The topological polar surface area (TPSA) is 65.3 Å². The lowest BCUT2D eigenvalue weighted by Crippen LogP contribution is -1.93. The summed E-state index contributed by atoms with van der Waals surface area (Å²) in [5.74, 6) is -0.328. The minimum absolute atomic E-state index is 0.171. The minimum atomic E-state index is -0.942. The molecule has 0 saturated heterocycles. The molecule has 2 aromatic rings. The van der Waals surface area contributed by atoms with Crippen molar-refractivity contribution >= 4 is 21.6 Å². The summed E-state index contributed by atoms with van der Waals surface area (Å²) in [6.45, 7) is 0. The van der Waals surface area contributed by atoms with Gasteiger partial charge in [-0.2, -0.15) is 4.39 Å². The first-order valence-electron chi connectivity index (χ1n) is 4.79. The number of nitro benzene ring substituents is 1. The number of ether oxygens (including phenoxy) is 1. The van der Waals surface area contributed by atoms with Crippen molar-refractivity contribution in [3.63, 3.8) is 0 Å². The van der Waals surface area contributed by atoms with Crippen LogP contribution in [-0.4, -0.2) is 9.91 Å². The highest BCUT2D eigenvalue weighted by Gasteiger charge is 2.14. The second-order valence-corrected chi connectivity index (χ2v) is 4.13. The Hall–Kier alpha value is -2.02. The Kier molecular flexibility index (Phi) is 3.52. The van der Waals surface area contributed by atoms with Crippen molar-refractivity contribution in [1.82, 2.24) is 4.98 Å². The third kappa shape index (κ3) is 2.62. The Labute approximate surface area is 110 Å². The van der Waals surface area contributed by atoms with Crippen LogP contribution in [0.3, 0.4) is 0 Å². The fourth-order valence-electron chi connectivity index (χ4n) is 1.27. The van der Waals surface area contributed by atoms with Crippen LogP contribution in [0.2, 0.25) is 0 Å². The van der Waals surface area contributed by atoms with Crippen molar-refractivity contribution in [1.29, 1.82) is 0 Å². The monoisotopic (exact) mass is 312 g/mol. The van der Waals surface area contributed by atoms with Gasteiger partial charge in [-0.1, -0.05) is 0 Å². The van der Waals surface area contributed by atoms with E-state index in [1.807, 2.05) is 0 Å². The number of rotatable bonds is 3. The van der Waals surface area contributed by atoms with E-state index in [4.69, 9.17) is 4.74 Å². The smallest absolute Gasteiger partial charge is 0.305 e. The average Bonchev–Trinajstić information content (AvgIpc) is 2.32. The van der Waals surface area contributed by atoms with Crippen molar-refractivity contribution in [2.75, 3.05) is 0 Å². The molecule has 2 rings (SSSR count). The van der Waals surface area contributed by atoms with E-state index in [1.54, 1.807) is 6.07 Å². The van der Waals surface area contributed by atoms with E-state index in [-0.39, 0.29) is 5.75 Å². The summed E-state index contributed by atoms with van der Waals surface area (Å²) >= 11 is 3.22. The summed E-state index contributed by atoms with van der Waals surface area (Å²) in [5.41, 5.74) is -0.587. The van der Waals surface area contributed by atoms with Crippen LogP contribution in [0.5, 0.6) is 11.5 Å². The molecule has 0 aliphatic carbocycles. The maximum absolute atomic E-state index is 13.4. The summed E-state index contributed by atoms with van der Waals surface area (Å²) in [7, 11) is 0. The quantitative estimate of drug-likeness (QED) is 0.640. The largest absolute Gasteiger partial charge is 0.456 e. The molecule has 0 amide bonds. The lowest BCUT2D eigenvalue weighted by Gasteiger charge is -2.06. The zero-order valence-corrected chi connectivity index (χ0v) is 10.4. The van der Waals surface area contributed by atoms with Gasteiger partial charge < -0.3 is 4.74 Å². The first-order chi connectivity index (χ1) is 8.58. The van der Waals surface area contributed by atoms with Crippen molar-refractivity contribution in [3.8, 4) is 11.5 Å². The van der Waals surface area contributed by atoms with Gasteiger partial charge in [-0.25, -0.2) is 0 Å². The van der Waals surface area contributed by atoms with E-state index in [1.165, 1.54) is 18.5 Å². The molecule has 18 heavy (non-hydrogen) atoms. The molecule has 1 aromatic carbocycles. The molecule has 0 spiro atoms. The molecular weight excluding hydrogens is 307 g/mol. The zero-order valence-electron chi connectivity index (χ0n) is 8.84. The molecule has 1 aromatic heterocycles. The summed E-state index contributed by atoms with van der Waals surface area (Å²) in [5, 5.41) is 10.5. The molecule has 7 heteroatoms. The van der Waals surface area contributed by atoms with E-state index in [0.29, 0.717) is 10.2 Å². The average molecular weight is 313 g/mol. The molecule has 0 aliphatic rings.